The average molecular weight is 356 g/mol. The van der Waals surface area contributed by atoms with E-state index in [0.29, 0.717) is 41.8 Å². The number of nitrogens with one attached hydrogen (secondary N) is 3. The topological polar surface area (TPSA) is 144 Å². The molecule has 10 heteroatoms. The Morgan fingerprint density at radius 1 is 1.31 bits per heavy atom. The number of carbonyl (C=O) groups excluding carboxylic acids is 1. The van der Waals surface area contributed by atoms with Crippen molar-refractivity contribution < 1.29 is 9.53 Å². The van der Waals surface area contributed by atoms with Crippen molar-refractivity contribution in [3.8, 4) is 5.75 Å². The van der Waals surface area contributed by atoms with Crippen LogP contribution < -0.4 is 21.1 Å². The molecule has 0 radical (unpaired) electrons. The number of aromatic amines is 1. The van der Waals surface area contributed by atoms with Crippen LogP contribution in [-0.2, 0) is 11.3 Å². The van der Waals surface area contributed by atoms with Gasteiger partial charge in [-0.2, -0.15) is 20.3 Å². The lowest BCUT2D eigenvalue weighted by Gasteiger charge is -2.11. The first-order chi connectivity index (χ1) is 12.5. The van der Waals surface area contributed by atoms with E-state index >= 15 is 0 Å². The monoisotopic (exact) mass is 356 g/mol. The lowest BCUT2D eigenvalue weighted by atomic mass is 10.2. The lowest BCUT2D eigenvalue weighted by molar-refractivity contribution is -0.131. The Morgan fingerprint density at radius 3 is 2.92 bits per heavy atom. The zero-order valence-electron chi connectivity index (χ0n) is 14.5. The van der Waals surface area contributed by atoms with Crippen molar-refractivity contribution in [2.75, 3.05) is 17.2 Å². The Balaban J connectivity index is 1.77. The number of rotatable bonds is 7. The van der Waals surface area contributed by atoms with Gasteiger partial charge >= 0.3 is 5.97 Å². The summed E-state index contributed by atoms with van der Waals surface area (Å²) in [5.74, 6) is 1.08. The molecule has 1 aromatic carbocycles. The fourth-order valence-corrected chi connectivity index (χ4v) is 2.27. The molecule has 0 aliphatic rings. The van der Waals surface area contributed by atoms with Crippen LogP contribution in [-0.4, -0.2) is 43.9 Å². The maximum Gasteiger partial charge on any atom is 0.308 e. The van der Waals surface area contributed by atoms with E-state index in [1.807, 2.05) is 19.1 Å². The largest absolute Gasteiger partial charge is 0.427 e. The molecule has 0 aliphatic heterocycles. The number of carbonyl (C=O) groups is 1. The second-order valence-corrected chi connectivity index (χ2v) is 5.84. The Labute approximate surface area is 149 Å². The molecule has 3 rings (SSSR count). The van der Waals surface area contributed by atoms with Gasteiger partial charge in [0.1, 0.15) is 5.75 Å². The predicted molar refractivity (Wildman–Crippen MR) is 96.7 cm³/mol. The van der Waals surface area contributed by atoms with Gasteiger partial charge in [0.15, 0.2) is 11.3 Å². The summed E-state index contributed by atoms with van der Waals surface area (Å²) in [7, 11) is 0. The molecule has 0 spiro atoms. The molecule has 0 saturated heterocycles. The molecule has 2 aromatic heterocycles. The normalized spacial score (nSPS) is 12.0. The van der Waals surface area contributed by atoms with Crippen LogP contribution in [0, 0.1) is 0 Å². The van der Waals surface area contributed by atoms with Crippen molar-refractivity contribution >= 4 is 28.9 Å². The van der Waals surface area contributed by atoms with Crippen LogP contribution in [0.4, 0.5) is 11.8 Å². The molecule has 0 amide bonds. The van der Waals surface area contributed by atoms with Crippen molar-refractivity contribution in [2.45, 2.75) is 26.4 Å². The minimum Gasteiger partial charge on any atom is -0.427 e. The van der Waals surface area contributed by atoms with Crippen LogP contribution in [0.15, 0.2) is 24.3 Å². The summed E-state index contributed by atoms with van der Waals surface area (Å²) in [5, 5.41) is 16.9. The Bertz CT molecular complexity index is 908. The number of hydrogen-bond donors (Lipinski definition) is 4. The third-order valence-electron chi connectivity index (χ3n) is 3.39. The van der Waals surface area contributed by atoms with Crippen LogP contribution in [0.5, 0.6) is 5.75 Å². The van der Waals surface area contributed by atoms with E-state index in [2.05, 4.69) is 36.0 Å². The van der Waals surface area contributed by atoms with Gasteiger partial charge in [0.25, 0.3) is 0 Å². The molecule has 0 bridgehead atoms. The van der Waals surface area contributed by atoms with Crippen molar-refractivity contribution in [1.29, 1.82) is 0 Å². The first-order valence-corrected chi connectivity index (χ1v) is 8.10. The Kier molecular flexibility index (Phi) is 5.23. The number of anilines is 2. The van der Waals surface area contributed by atoms with E-state index in [9.17, 15) is 4.79 Å². The van der Waals surface area contributed by atoms with Crippen LogP contribution >= 0.6 is 0 Å². The summed E-state index contributed by atoms with van der Waals surface area (Å²) in [6, 6.07) is 7.20. The number of H-pyrrole nitrogens is 1. The summed E-state index contributed by atoms with van der Waals surface area (Å²) in [4.78, 5) is 19.8. The molecule has 1 atom stereocenters. The van der Waals surface area contributed by atoms with E-state index in [-0.39, 0.29) is 12.0 Å². The quantitative estimate of drug-likeness (QED) is 0.360. The van der Waals surface area contributed by atoms with Gasteiger partial charge in [0.2, 0.25) is 11.6 Å². The molecule has 0 fully saturated rings. The molecule has 5 N–H and O–H groups in total. The minimum atomic E-state index is -0.361. The van der Waals surface area contributed by atoms with Gasteiger partial charge in [0.05, 0.1) is 0 Å². The molecular weight excluding hydrogens is 336 g/mol. The Hall–Kier alpha value is -3.27. The summed E-state index contributed by atoms with van der Waals surface area (Å²) in [5.41, 5.74) is 7.65. The van der Waals surface area contributed by atoms with Crippen molar-refractivity contribution in [1.82, 2.24) is 25.4 Å². The second-order valence-electron chi connectivity index (χ2n) is 5.84. The summed E-state index contributed by atoms with van der Waals surface area (Å²) >= 11 is 0. The van der Waals surface area contributed by atoms with E-state index in [4.69, 9.17) is 10.5 Å². The number of nitrogens with zero attached hydrogens (tertiary/aromatic N) is 4. The van der Waals surface area contributed by atoms with Gasteiger partial charge in [0, 0.05) is 26.1 Å². The molecule has 10 nitrogen and oxygen atoms in total. The third-order valence-corrected chi connectivity index (χ3v) is 3.39. The zero-order valence-corrected chi connectivity index (χ0v) is 14.5. The molecule has 2 heterocycles. The number of benzene rings is 1. The molecule has 26 heavy (non-hydrogen) atoms. The second kappa shape index (κ2) is 7.74. The fraction of sp³-hybridized carbons (Fsp3) is 0.312. The number of fused-ring (bicyclic) bond motifs is 1. The van der Waals surface area contributed by atoms with Crippen molar-refractivity contribution in [3.05, 3.63) is 29.8 Å². The maximum absolute atomic E-state index is 11.1. The highest BCUT2D eigenvalue weighted by Crippen LogP contribution is 2.20. The molecule has 1 unspecified atom stereocenters. The van der Waals surface area contributed by atoms with Gasteiger partial charge in [-0.3, -0.25) is 4.79 Å². The SMILES string of the molecule is CC(=O)Oc1cccc(CNc2nc(NCC(C)N)nc3n[nH]nc23)c1. The molecule has 136 valence electrons. The van der Waals surface area contributed by atoms with E-state index < -0.39 is 0 Å². The van der Waals surface area contributed by atoms with Gasteiger partial charge in [-0.25, -0.2) is 0 Å². The van der Waals surface area contributed by atoms with Crippen molar-refractivity contribution in [2.24, 2.45) is 5.73 Å². The highest BCUT2D eigenvalue weighted by atomic mass is 16.5. The fourth-order valence-electron chi connectivity index (χ4n) is 2.27. The van der Waals surface area contributed by atoms with Gasteiger partial charge in [-0.15, -0.1) is 5.10 Å². The number of nitrogens with two attached hydrogens (primary N) is 1. The number of aromatic nitrogens is 5. The lowest BCUT2D eigenvalue weighted by Crippen LogP contribution is -2.26. The summed E-state index contributed by atoms with van der Waals surface area (Å²) in [6.07, 6.45) is 0. The maximum atomic E-state index is 11.1. The highest BCUT2D eigenvalue weighted by molar-refractivity contribution is 5.82. The summed E-state index contributed by atoms with van der Waals surface area (Å²) in [6.45, 7) is 4.24. The zero-order chi connectivity index (χ0) is 18.5. The van der Waals surface area contributed by atoms with Crippen LogP contribution in [0.2, 0.25) is 0 Å². The van der Waals surface area contributed by atoms with E-state index in [1.54, 1.807) is 12.1 Å². The van der Waals surface area contributed by atoms with Gasteiger partial charge in [-0.05, 0) is 24.6 Å². The average Bonchev–Trinajstić information content (AvgIpc) is 3.06. The van der Waals surface area contributed by atoms with Gasteiger partial charge in [-0.1, -0.05) is 12.1 Å². The first kappa shape index (κ1) is 17.5. The molecule has 3 aromatic rings. The standard InChI is InChI=1S/C16H20N8O2/c1-9(17)7-19-16-20-14(13-15(21-16)23-24-22-13)18-8-11-4-3-5-12(6-11)26-10(2)25/h3-6,9H,7-8,17H2,1-2H3,(H3,18,19,20,21,22,23,24). The number of hydrogen-bond acceptors (Lipinski definition) is 9. The number of esters is 1. The number of ether oxygens (including phenoxy) is 1. The highest BCUT2D eigenvalue weighted by Gasteiger charge is 2.12. The van der Waals surface area contributed by atoms with Crippen molar-refractivity contribution in [3.63, 3.8) is 0 Å². The van der Waals surface area contributed by atoms with E-state index in [0.717, 1.165) is 5.56 Å². The molecule has 0 saturated carbocycles. The van der Waals surface area contributed by atoms with Crippen LogP contribution in [0.1, 0.15) is 19.4 Å². The van der Waals surface area contributed by atoms with E-state index in [1.165, 1.54) is 6.92 Å². The molecule has 0 aliphatic carbocycles. The Morgan fingerprint density at radius 2 is 2.15 bits per heavy atom. The minimum absolute atomic E-state index is 0.0352. The first-order valence-electron chi connectivity index (χ1n) is 8.10. The summed E-state index contributed by atoms with van der Waals surface area (Å²) < 4.78 is 5.10. The van der Waals surface area contributed by atoms with Crippen LogP contribution in [0.25, 0.3) is 11.2 Å². The van der Waals surface area contributed by atoms with Gasteiger partial charge < -0.3 is 21.1 Å². The predicted octanol–water partition coefficient (Wildman–Crippen LogP) is 1.04. The third kappa shape index (κ3) is 4.42. The smallest absolute Gasteiger partial charge is 0.308 e. The van der Waals surface area contributed by atoms with Crippen LogP contribution in [0.3, 0.4) is 0 Å². The molecular formula is C16H20N8O2.